The van der Waals surface area contributed by atoms with Gasteiger partial charge in [-0.2, -0.15) is 0 Å². The van der Waals surface area contributed by atoms with Gasteiger partial charge in [0, 0.05) is 10.8 Å². The van der Waals surface area contributed by atoms with Crippen LogP contribution in [0.15, 0.2) is 53.2 Å². The number of ether oxygens (including phenoxy) is 2. The zero-order chi connectivity index (χ0) is 17.2. The highest BCUT2D eigenvalue weighted by Gasteiger charge is 2.23. The van der Waals surface area contributed by atoms with Crippen LogP contribution in [0.4, 0.5) is 0 Å². The highest BCUT2D eigenvalue weighted by Crippen LogP contribution is 2.36. The van der Waals surface area contributed by atoms with E-state index in [1.165, 1.54) is 11.8 Å². The van der Waals surface area contributed by atoms with Gasteiger partial charge in [0.15, 0.2) is 11.5 Å². The first-order valence-corrected chi connectivity index (χ1v) is 9.65. The molecule has 0 aromatic heterocycles. The lowest BCUT2D eigenvalue weighted by Crippen LogP contribution is -1.92. The molecule has 7 heteroatoms. The number of aliphatic imine (C=N–C) groups is 1. The Balaban J connectivity index is 1.49. The number of fused-ring (bicyclic) bond motifs is 1. The second-order valence-corrected chi connectivity index (χ2v) is 7.88. The van der Waals surface area contributed by atoms with Crippen LogP contribution in [0.1, 0.15) is 11.1 Å². The second kappa shape index (κ2) is 7.15. The van der Waals surface area contributed by atoms with Crippen LogP contribution >= 0.6 is 35.1 Å². The summed E-state index contributed by atoms with van der Waals surface area (Å²) >= 11 is 8.82. The van der Waals surface area contributed by atoms with Crippen LogP contribution in [-0.2, 0) is 10.5 Å². The molecule has 0 fully saturated rings. The molecule has 2 aliphatic heterocycles. The molecule has 4 nitrogen and oxygen atoms in total. The van der Waals surface area contributed by atoms with Gasteiger partial charge in [-0.05, 0) is 47.2 Å². The molecule has 0 N–H and O–H groups in total. The summed E-state index contributed by atoms with van der Waals surface area (Å²) in [7, 11) is 0. The number of hydrogen-bond acceptors (Lipinski definition) is 6. The third-order valence-electron chi connectivity index (χ3n) is 3.61. The number of halogens is 1. The Labute approximate surface area is 158 Å². The van der Waals surface area contributed by atoms with Gasteiger partial charge in [0.2, 0.25) is 11.9 Å². The standard InChI is InChI=1S/C18H12ClNO3S2/c19-13-4-2-1-3-12(13)9-24-18-20-14(17(21)25-18)7-11-5-6-15-16(8-11)23-10-22-15/h1-8H,9-10H2/b14-7+. The molecular weight excluding hydrogens is 378 g/mol. The fraction of sp³-hybridized carbons (Fsp3) is 0.111. The summed E-state index contributed by atoms with van der Waals surface area (Å²) in [6.45, 7) is 0.227. The summed E-state index contributed by atoms with van der Waals surface area (Å²) in [6.07, 6.45) is 1.76. The van der Waals surface area contributed by atoms with Crippen molar-refractivity contribution in [1.29, 1.82) is 0 Å². The van der Waals surface area contributed by atoms with Crippen molar-refractivity contribution in [2.75, 3.05) is 6.79 Å². The van der Waals surface area contributed by atoms with E-state index in [0.29, 0.717) is 22.9 Å². The topological polar surface area (TPSA) is 47.9 Å². The summed E-state index contributed by atoms with van der Waals surface area (Å²) in [6, 6.07) is 13.2. The molecule has 4 rings (SSSR count). The molecule has 0 bridgehead atoms. The van der Waals surface area contributed by atoms with Gasteiger partial charge in [0.1, 0.15) is 10.1 Å². The molecule has 126 valence electrons. The van der Waals surface area contributed by atoms with Crippen LogP contribution in [0.25, 0.3) is 6.08 Å². The van der Waals surface area contributed by atoms with Crippen molar-refractivity contribution in [3.63, 3.8) is 0 Å². The van der Waals surface area contributed by atoms with Crippen molar-refractivity contribution in [3.05, 3.63) is 64.3 Å². The zero-order valence-electron chi connectivity index (χ0n) is 12.9. The number of hydrogen-bond donors (Lipinski definition) is 0. The molecule has 2 aliphatic rings. The molecule has 0 radical (unpaired) electrons. The normalized spacial score (nSPS) is 17.2. The van der Waals surface area contributed by atoms with Crippen LogP contribution in [-0.4, -0.2) is 16.3 Å². The molecule has 0 atom stereocenters. The number of carbonyl (C=O) groups is 1. The minimum absolute atomic E-state index is 0.0562. The molecule has 0 spiro atoms. The zero-order valence-corrected chi connectivity index (χ0v) is 15.3. The molecule has 0 amide bonds. The molecule has 2 aromatic rings. The monoisotopic (exact) mass is 389 g/mol. The van der Waals surface area contributed by atoms with Gasteiger partial charge in [-0.1, -0.05) is 47.6 Å². The van der Waals surface area contributed by atoms with E-state index in [4.69, 9.17) is 21.1 Å². The molecule has 25 heavy (non-hydrogen) atoms. The van der Waals surface area contributed by atoms with E-state index in [0.717, 1.165) is 32.3 Å². The number of carbonyl (C=O) groups excluding carboxylic acids is 1. The smallest absolute Gasteiger partial charge is 0.244 e. The predicted molar refractivity (Wildman–Crippen MR) is 103 cm³/mol. The molecular formula is C18H12ClNO3S2. The van der Waals surface area contributed by atoms with Gasteiger partial charge in [0.25, 0.3) is 0 Å². The van der Waals surface area contributed by atoms with E-state index in [9.17, 15) is 4.79 Å². The van der Waals surface area contributed by atoms with Gasteiger partial charge in [-0.15, -0.1) is 0 Å². The fourth-order valence-electron chi connectivity index (χ4n) is 2.37. The fourth-order valence-corrected chi connectivity index (χ4v) is 4.49. The lowest BCUT2D eigenvalue weighted by molar-refractivity contribution is -0.107. The molecule has 2 aromatic carbocycles. The Bertz CT molecular complexity index is 911. The van der Waals surface area contributed by atoms with Gasteiger partial charge in [-0.3, -0.25) is 4.79 Å². The lowest BCUT2D eigenvalue weighted by Gasteiger charge is -2.02. The minimum atomic E-state index is -0.0562. The van der Waals surface area contributed by atoms with Gasteiger partial charge in [-0.25, -0.2) is 4.99 Å². The number of thioether (sulfide) groups is 2. The molecule has 0 saturated heterocycles. The first-order chi connectivity index (χ1) is 12.2. The van der Waals surface area contributed by atoms with Crippen LogP contribution in [0, 0.1) is 0 Å². The average Bonchev–Trinajstić information content (AvgIpc) is 3.21. The van der Waals surface area contributed by atoms with Crippen molar-refractivity contribution < 1.29 is 14.3 Å². The van der Waals surface area contributed by atoms with Crippen molar-refractivity contribution >= 4 is 50.7 Å². The molecule has 0 aliphatic carbocycles. The van der Waals surface area contributed by atoms with E-state index in [-0.39, 0.29) is 11.9 Å². The maximum absolute atomic E-state index is 12.2. The average molecular weight is 390 g/mol. The Morgan fingerprint density at radius 3 is 2.92 bits per heavy atom. The summed E-state index contributed by atoms with van der Waals surface area (Å²) in [5.74, 6) is 2.08. The van der Waals surface area contributed by atoms with Crippen molar-refractivity contribution in [2.45, 2.75) is 5.75 Å². The van der Waals surface area contributed by atoms with E-state index in [2.05, 4.69) is 4.99 Å². The largest absolute Gasteiger partial charge is 0.454 e. The summed E-state index contributed by atoms with van der Waals surface area (Å²) in [5.41, 5.74) is 2.32. The van der Waals surface area contributed by atoms with Crippen LogP contribution in [0.5, 0.6) is 11.5 Å². The third kappa shape index (κ3) is 3.71. The van der Waals surface area contributed by atoms with Gasteiger partial charge >= 0.3 is 0 Å². The van der Waals surface area contributed by atoms with Crippen LogP contribution in [0.2, 0.25) is 5.02 Å². The van der Waals surface area contributed by atoms with E-state index >= 15 is 0 Å². The first-order valence-electron chi connectivity index (χ1n) is 7.47. The Morgan fingerprint density at radius 1 is 1.20 bits per heavy atom. The van der Waals surface area contributed by atoms with Crippen LogP contribution in [0.3, 0.4) is 0 Å². The van der Waals surface area contributed by atoms with Crippen molar-refractivity contribution in [2.24, 2.45) is 4.99 Å². The quantitative estimate of drug-likeness (QED) is 0.693. The number of benzene rings is 2. The maximum atomic E-state index is 12.2. The number of nitrogens with zero attached hydrogens (tertiary/aromatic N) is 1. The predicted octanol–water partition coefficient (Wildman–Crippen LogP) is 4.97. The summed E-state index contributed by atoms with van der Waals surface area (Å²) < 4.78 is 11.4. The number of rotatable bonds is 3. The van der Waals surface area contributed by atoms with Crippen molar-refractivity contribution in [3.8, 4) is 11.5 Å². The maximum Gasteiger partial charge on any atom is 0.244 e. The first kappa shape index (κ1) is 16.6. The van der Waals surface area contributed by atoms with E-state index < -0.39 is 0 Å². The molecule has 0 saturated carbocycles. The highest BCUT2D eigenvalue weighted by molar-refractivity contribution is 8.45. The van der Waals surface area contributed by atoms with Crippen molar-refractivity contribution in [1.82, 2.24) is 0 Å². The summed E-state index contributed by atoms with van der Waals surface area (Å²) in [5, 5.41) is 0.667. The van der Waals surface area contributed by atoms with E-state index in [1.54, 1.807) is 6.08 Å². The minimum Gasteiger partial charge on any atom is -0.454 e. The van der Waals surface area contributed by atoms with Gasteiger partial charge in [0.05, 0.1) is 0 Å². The summed E-state index contributed by atoms with van der Waals surface area (Å²) in [4.78, 5) is 16.6. The Morgan fingerprint density at radius 2 is 2.04 bits per heavy atom. The Hall–Kier alpha value is -1.89. The molecule has 2 heterocycles. The lowest BCUT2D eigenvalue weighted by atomic mass is 10.2. The van der Waals surface area contributed by atoms with E-state index in [1.807, 2.05) is 42.5 Å². The SMILES string of the molecule is O=C1SC(SCc2ccccc2Cl)=N/C1=C/c1ccc2c(c1)OCO2. The third-order valence-corrected chi connectivity index (χ3v) is 6.04. The van der Waals surface area contributed by atoms with Crippen LogP contribution < -0.4 is 9.47 Å². The second-order valence-electron chi connectivity index (χ2n) is 5.29. The van der Waals surface area contributed by atoms with Gasteiger partial charge < -0.3 is 9.47 Å². The Kier molecular flexibility index (Phi) is 4.74. The highest BCUT2D eigenvalue weighted by atomic mass is 35.5. The molecule has 0 unspecified atom stereocenters.